The van der Waals surface area contributed by atoms with Crippen LogP contribution in [-0.4, -0.2) is 48.8 Å². The van der Waals surface area contributed by atoms with Crippen LogP contribution in [0.25, 0.3) is 0 Å². The van der Waals surface area contributed by atoms with Crippen molar-refractivity contribution in [2.24, 2.45) is 0 Å². The van der Waals surface area contributed by atoms with Crippen molar-refractivity contribution in [1.82, 2.24) is 4.90 Å². The SMILES string of the molecule is COc1ccccc1N1CCCCC(N(C)C(=O)O)C1=O. The lowest BCUT2D eigenvalue weighted by molar-refractivity contribution is -0.122. The molecule has 1 fully saturated rings. The highest BCUT2D eigenvalue weighted by molar-refractivity contribution is 5.99. The summed E-state index contributed by atoms with van der Waals surface area (Å²) in [6, 6.07) is 6.65. The third kappa shape index (κ3) is 3.09. The first-order valence-electron chi connectivity index (χ1n) is 6.96. The monoisotopic (exact) mass is 292 g/mol. The number of amides is 2. The summed E-state index contributed by atoms with van der Waals surface area (Å²) in [7, 11) is 3.00. The predicted octanol–water partition coefficient (Wildman–Crippen LogP) is 2.19. The van der Waals surface area contributed by atoms with Crippen molar-refractivity contribution < 1.29 is 19.4 Å². The van der Waals surface area contributed by atoms with E-state index in [1.54, 1.807) is 18.1 Å². The maximum absolute atomic E-state index is 12.7. The lowest BCUT2D eigenvalue weighted by Gasteiger charge is -2.29. The molecule has 0 spiro atoms. The van der Waals surface area contributed by atoms with E-state index in [4.69, 9.17) is 9.84 Å². The fourth-order valence-corrected chi connectivity index (χ4v) is 2.61. The van der Waals surface area contributed by atoms with Crippen LogP contribution in [0.4, 0.5) is 10.5 Å². The van der Waals surface area contributed by atoms with Gasteiger partial charge >= 0.3 is 6.09 Å². The molecule has 1 heterocycles. The number of methoxy groups -OCH3 is 1. The minimum atomic E-state index is -1.09. The summed E-state index contributed by atoms with van der Waals surface area (Å²) in [5.74, 6) is 0.423. The number of hydrogen-bond acceptors (Lipinski definition) is 3. The highest BCUT2D eigenvalue weighted by Crippen LogP contribution is 2.30. The van der Waals surface area contributed by atoms with Gasteiger partial charge in [0.2, 0.25) is 5.91 Å². The number of carbonyl (C=O) groups is 2. The maximum atomic E-state index is 12.7. The molecule has 1 saturated heterocycles. The number of carbonyl (C=O) groups excluding carboxylic acids is 1. The van der Waals surface area contributed by atoms with Gasteiger partial charge in [0.1, 0.15) is 11.8 Å². The second kappa shape index (κ2) is 6.47. The van der Waals surface area contributed by atoms with Gasteiger partial charge in [0.15, 0.2) is 0 Å². The molecule has 1 aliphatic heterocycles. The summed E-state index contributed by atoms with van der Waals surface area (Å²) < 4.78 is 5.31. The zero-order chi connectivity index (χ0) is 15.4. The van der Waals surface area contributed by atoms with Gasteiger partial charge in [0.05, 0.1) is 12.8 Å². The van der Waals surface area contributed by atoms with Gasteiger partial charge in [-0.2, -0.15) is 0 Å². The molecule has 21 heavy (non-hydrogen) atoms. The first-order chi connectivity index (χ1) is 10.1. The van der Waals surface area contributed by atoms with Gasteiger partial charge in [-0.25, -0.2) is 4.79 Å². The summed E-state index contributed by atoms with van der Waals surface area (Å²) >= 11 is 0. The maximum Gasteiger partial charge on any atom is 0.407 e. The average Bonchev–Trinajstić information content (AvgIpc) is 2.68. The molecule has 1 aliphatic rings. The molecule has 0 aromatic heterocycles. The predicted molar refractivity (Wildman–Crippen MR) is 78.8 cm³/mol. The summed E-state index contributed by atoms with van der Waals surface area (Å²) in [5, 5.41) is 9.13. The number of carboxylic acid groups (broad SMARTS) is 1. The van der Waals surface area contributed by atoms with Crippen LogP contribution in [0.5, 0.6) is 5.75 Å². The minimum absolute atomic E-state index is 0.193. The van der Waals surface area contributed by atoms with Crippen LogP contribution < -0.4 is 9.64 Å². The number of likely N-dealkylation sites (N-methyl/N-ethyl adjacent to an activating group) is 1. The standard InChI is InChI=1S/C15H20N2O4/c1-16(15(19)20)12-8-5-6-10-17(14(12)18)11-7-3-4-9-13(11)21-2/h3-4,7,9,12H,5-6,8,10H2,1-2H3,(H,19,20). The molecule has 0 saturated carbocycles. The lowest BCUT2D eigenvalue weighted by atomic mass is 10.1. The molecule has 1 atom stereocenters. The Bertz CT molecular complexity index is 532. The molecule has 6 nitrogen and oxygen atoms in total. The van der Waals surface area contributed by atoms with E-state index in [1.165, 1.54) is 7.05 Å². The Hall–Kier alpha value is -2.24. The summed E-state index contributed by atoms with van der Waals surface area (Å²) in [4.78, 5) is 26.6. The van der Waals surface area contributed by atoms with Gasteiger partial charge in [-0.1, -0.05) is 12.1 Å². The molecule has 1 aromatic rings. The van der Waals surface area contributed by atoms with Crippen molar-refractivity contribution in [3.63, 3.8) is 0 Å². The fraction of sp³-hybridized carbons (Fsp3) is 0.467. The number of rotatable bonds is 3. The third-order valence-corrected chi connectivity index (χ3v) is 3.81. The molecule has 114 valence electrons. The Morgan fingerprint density at radius 2 is 2.10 bits per heavy atom. The van der Waals surface area contributed by atoms with Gasteiger partial charge in [0.25, 0.3) is 0 Å². The normalized spacial score (nSPS) is 19.0. The molecule has 1 aromatic carbocycles. The molecule has 1 unspecified atom stereocenters. The van der Waals surface area contributed by atoms with Gasteiger partial charge < -0.3 is 14.7 Å². The Balaban J connectivity index is 2.34. The fourth-order valence-electron chi connectivity index (χ4n) is 2.61. The molecular formula is C15H20N2O4. The number of nitrogens with zero attached hydrogens (tertiary/aromatic N) is 2. The summed E-state index contributed by atoms with van der Waals surface area (Å²) in [6.07, 6.45) is 1.12. The Morgan fingerprint density at radius 3 is 2.76 bits per heavy atom. The first kappa shape index (κ1) is 15.2. The summed E-state index contributed by atoms with van der Waals surface area (Å²) in [5.41, 5.74) is 0.690. The smallest absolute Gasteiger partial charge is 0.407 e. The average molecular weight is 292 g/mol. The van der Waals surface area contributed by atoms with Gasteiger partial charge in [-0.15, -0.1) is 0 Å². The molecule has 0 bridgehead atoms. The highest BCUT2D eigenvalue weighted by Gasteiger charge is 2.33. The van der Waals surface area contributed by atoms with Gasteiger partial charge in [0, 0.05) is 13.6 Å². The molecule has 0 aliphatic carbocycles. The van der Waals surface area contributed by atoms with Crippen molar-refractivity contribution in [2.75, 3.05) is 25.6 Å². The van der Waals surface area contributed by atoms with Crippen molar-refractivity contribution >= 4 is 17.7 Å². The van der Waals surface area contributed by atoms with Gasteiger partial charge in [-0.05, 0) is 31.4 Å². The minimum Gasteiger partial charge on any atom is -0.495 e. The van der Waals surface area contributed by atoms with E-state index in [9.17, 15) is 9.59 Å². The number of anilines is 1. The van der Waals surface area contributed by atoms with E-state index in [1.807, 2.05) is 18.2 Å². The molecule has 1 N–H and O–H groups in total. The first-order valence-corrected chi connectivity index (χ1v) is 6.96. The van der Waals surface area contributed by atoms with Gasteiger partial charge in [-0.3, -0.25) is 9.69 Å². The van der Waals surface area contributed by atoms with E-state index in [0.717, 1.165) is 17.7 Å². The van der Waals surface area contributed by atoms with E-state index in [2.05, 4.69) is 0 Å². The Labute approximate surface area is 123 Å². The largest absolute Gasteiger partial charge is 0.495 e. The van der Waals surface area contributed by atoms with Crippen LogP contribution in [0.2, 0.25) is 0 Å². The van der Waals surface area contributed by atoms with E-state index in [0.29, 0.717) is 24.4 Å². The van der Waals surface area contributed by atoms with E-state index in [-0.39, 0.29) is 5.91 Å². The lowest BCUT2D eigenvalue weighted by Crippen LogP contribution is -2.48. The van der Waals surface area contributed by atoms with Crippen LogP contribution in [0.3, 0.4) is 0 Å². The Kier molecular flexibility index (Phi) is 4.67. The number of benzene rings is 1. The molecule has 2 amide bonds. The number of para-hydroxylation sites is 2. The molecule has 2 rings (SSSR count). The second-order valence-electron chi connectivity index (χ2n) is 5.07. The molecule has 6 heteroatoms. The molecular weight excluding hydrogens is 272 g/mol. The van der Waals surface area contributed by atoms with Crippen LogP contribution in [0, 0.1) is 0 Å². The van der Waals surface area contributed by atoms with E-state index >= 15 is 0 Å². The van der Waals surface area contributed by atoms with Crippen LogP contribution >= 0.6 is 0 Å². The summed E-state index contributed by atoms with van der Waals surface area (Å²) in [6.45, 7) is 0.573. The molecule has 0 radical (unpaired) electrons. The van der Waals surface area contributed by atoms with Crippen LogP contribution in [0.1, 0.15) is 19.3 Å². The van der Waals surface area contributed by atoms with Crippen molar-refractivity contribution in [3.05, 3.63) is 24.3 Å². The van der Waals surface area contributed by atoms with E-state index < -0.39 is 12.1 Å². The third-order valence-electron chi connectivity index (χ3n) is 3.81. The van der Waals surface area contributed by atoms with Crippen LogP contribution in [-0.2, 0) is 4.79 Å². The number of ether oxygens (including phenoxy) is 1. The Morgan fingerprint density at radius 1 is 1.38 bits per heavy atom. The van der Waals surface area contributed by atoms with Crippen LogP contribution in [0.15, 0.2) is 24.3 Å². The van der Waals surface area contributed by atoms with Crippen molar-refractivity contribution in [1.29, 1.82) is 0 Å². The van der Waals surface area contributed by atoms with Crippen molar-refractivity contribution in [2.45, 2.75) is 25.3 Å². The quantitative estimate of drug-likeness (QED) is 0.927. The zero-order valence-corrected chi connectivity index (χ0v) is 12.3. The number of hydrogen-bond donors (Lipinski definition) is 1. The topological polar surface area (TPSA) is 70.1 Å². The zero-order valence-electron chi connectivity index (χ0n) is 12.3. The highest BCUT2D eigenvalue weighted by atomic mass is 16.5. The van der Waals surface area contributed by atoms with Crippen molar-refractivity contribution in [3.8, 4) is 5.75 Å². The second-order valence-corrected chi connectivity index (χ2v) is 5.07.